The molecule has 4 heteroatoms. The van der Waals surface area contributed by atoms with E-state index in [9.17, 15) is 15.0 Å². The largest absolute Gasteiger partial charge is 0.508 e. The zero-order chi connectivity index (χ0) is 20.4. The molecule has 0 atom stereocenters. The maximum atomic E-state index is 11.5. The number of phenols is 2. The quantitative estimate of drug-likeness (QED) is 0.173. The van der Waals surface area contributed by atoms with Crippen LogP contribution in [0, 0.1) is 0 Å². The molecule has 0 aliphatic carbocycles. The first-order chi connectivity index (χ1) is 12.8. The first kappa shape index (κ1) is 22.8. The molecule has 0 aliphatic heterocycles. The Morgan fingerprint density at radius 2 is 1.81 bits per heavy atom. The Bertz CT molecular complexity index is 695. The van der Waals surface area contributed by atoms with Gasteiger partial charge >= 0.3 is 5.97 Å². The fourth-order valence-electron chi connectivity index (χ4n) is 2.90. The Morgan fingerprint density at radius 3 is 2.41 bits per heavy atom. The van der Waals surface area contributed by atoms with Crippen LogP contribution < -0.4 is 4.74 Å². The van der Waals surface area contributed by atoms with E-state index in [1.165, 1.54) is 18.1 Å². The van der Waals surface area contributed by atoms with Gasteiger partial charge in [0.25, 0.3) is 0 Å². The van der Waals surface area contributed by atoms with Gasteiger partial charge in [-0.3, -0.25) is 4.79 Å². The Labute approximate surface area is 163 Å². The van der Waals surface area contributed by atoms with E-state index in [0.717, 1.165) is 32.1 Å². The summed E-state index contributed by atoms with van der Waals surface area (Å²) in [5.74, 6) is -0.406. The van der Waals surface area contributed by atoms with Crippen LogP contribution in [0.5, 0.6) is 17.2 Å². The van der Waals surface area contributed by atoms with Gasteiger partial charge in [0.2, 0.25) is 0 Å². The molecule has 0 amide bonds. The molecule has 0 aliphatic rings. The molecule has 0 fully saturated rings. The third-order valence-electron chi connectivity index (χ3n) is 4.45. The van der Waals surface area contributed by atoms with Crippen LogP contribution in [0.3, 0.4) is 0 Å². The average molecular weight is 375 g/mol. The number of esters is 1. The minimum Gasteiger partial charge on any atom is -0.508 e. The maximum absolute atomic E-state index is 11.5. The van der Waals surface area contributed by atoms with Gasteiger partial charge in [-0.2, -0.15) is 0 Å². The molecule has 0 heterocycles. The molecule has 2 N–H and O–H groups in total. The fraction of sp³-hybridized carbons (Fsp3) is 0.522. The van der Waals surface area contributed by atoms with Gasteiger partial charge in [0.15, 0.2) is 11.5 Å². The number of ether oxygens (including phenoxy) is 1. The second-order valence-electron chi connectivity index (χ2n) is 7.34. The van der Waals surface area contributed by atoms with Crippen LogP contribution in [0.25, 0.3) is 0 Å². The van der Waals surface area contributed by atoms with Crippen molar-refractivity contribution < 1.29 is 19.7 Å². The van der Waals surface area contributed by atoms with E-state index >= 15 is 0 Å². The number of hydrogen-bond donors (Lipinski definition) is 2. The number of unbranched alkanes of at least 4 members (excludes halogenated alkanes) is 2. The number of allylic oxidation sites excluding steroid dienone is 4. The third-order valence-corrected chi connectivity index (χ3v) is 4.45. The molecule has 0 saturated heterocycles. The van der Waals surface area contributed by atoms with Crippen LogP contribution in [0.1, 0.15) is 77.8 Å². The highest BCUT2D eigenvalue weighted by molar-refractivity contribution is 5.72. The van der Waals surface area contributed by atoms with Crippen LogP contribution in [-0.4, -0.2) is 16.2 Å². The standard InChI is InChI=1S/C23H34O4/c1-6-7-8-12-19-15-21(25)20(23(22(19)26)27-18(5)24)14-13-17(4)11-9-10-16(2)3/h10,13,15,25-26H,6-9,11-12,14H2,1-5H3/b17-13+. The zero-order valence-electron chi connectivity index (χ0n) is 17.4. The summed E-state index contributed by atoms with van der Waals surface area (Å²) in [4.78, 5) is 11.5. The van der Waals surface area contributed by atoms with Gasteiger partial charge in [0, 0.05) is 18.1 Å². The molecule has 1 rings (SSSR count). The van der Waals surface area contributed by atoms with Crippen molar-refractivity contribution in [2.24, 2.45) is 0 Å². The molecule has 0 spiro atoms. The molecular weight excluding hydrogens is 340 g/mol. The van der Waals surface area contributed by atoms with Crippen molar-refractivity contribution in [2.75, 3.05) is 0 Å². The molecule has 4 nitrogen and oxygen atoms in total. The Morgan fingerprint density at radius 1 is 1.11 bits per heavy atom. The first-order valence-electron chi connectivity index (χ1n) is 9.80. The number of benzene rings is 1. The van der Waals surface area contributed by atoms with Gasteiger partial charge in [-0.1, -0.05) is 43.1 Å². The lowest BCUT2D eigenvalue weighted by Gasteiger charge is -2.15. The topological polar surface area (TPSA) is 66.8 Å². The summed E-state index contributed by atoms with van der Waals surface area (Å²) < 4.78 is 5.26. The van der Waals surface area contributed by atoms with Crippen molar-refractivity contribution in [3.63, 3.8) is 0 Å². The average Bonchev–Trinajstić information content (AvgIpc) is 2.58. The van der Waals surface area contributed by atoms with Crippen LogP contribution in [-0.2, 0) is 17.6 Å². The van der Waals surface area contributed by atoms with Gasteiger partial charge in [-0.25, -0.2) is 0 Å². The van der Waals surface area contributed by atoms with Crippen molar-refractivity contribution >= 4 is 5.97 Å². The second-order valence-corrected chi connectivity index (χ2v) is 7.34. The summed E-state index contributed by atoms with van der Waals surface area (Å²) >= 11 is 0. The summed E-state index contributed by atoms with van der Waals surface area (Å²) in [6, 6.07) is 1.60. The molecule has 0 bridgehead atoms. The summed E-state index contributed by atoms with van der Waals surface area (Å²) in [5.41, 5.74) is 3.54. The monoisotopic (exact) mass is 374 g/mol. The molecule has 1 aromatic rings. The number of carbonyl (C=O) groups excluding carboxylic acids is 1. The van der Waals surface area contributed by atoms with Crippen molar-refractivity contribution in [2.45, 2.75) is 79.6 Å². The zero-order valence-corrected chi connectivity index (χ0v) is 17.4. The molecule has 27 heavy (non-hydrogen) atoms. The Balaban J connectivity index is 3.08. The fourth-order valence-corrected chi connectivity index (χ4v) is 2.90. The van der Waals surface area contributed by atoms with E-state index in [-0.39, 0.29) is 17.2 Å². The van der Waals surface area contributed by atoms with Crippen LogP contribution in [0.4, 0.5) is 0 Å². The van der Waals surface area contributed by atoms with E-state index in [2.05, 4.69) is 26.8 Å². The van der Waals surface area contributed by atoms with Gasteiger partial charge in [-0.15, -0.1) is 0 Å². The van der Waals surface area contributed by atoms with Crippen molar-refractivity contribution in [3.05, 3.63) is 40.5 Å². The third kappa shape index (κ3) is 7.90. The first-order valence-corrected chi connectivity index (χ1v) is 9.80. The normalized spacial score (nSPS) is 11.4. The lowest BCUT2D eigenvalue weighted by molar-refractivity contribution is -0.132. The molecule has 0 unspecified atom stereocenters. The van der Waals surface area contributed by atoms with E-state index in [0.29, 0.717) is 24.0 Å². The minimum absolute atomic E-state index is 0.0373. The highest BCUT2D eigenvalue weighted by Crippen LogP contribution is 2.41. The van der Waals surface area contributed by atoms with Crippen LogP contribution in [0.2, 0.25) is 0 Å². The van der Waals surface area contributed by atoms with Crippen LogP contribution >= 0.6 is 0 Å². The van der Waals surface area contributed by atoms with Crippen molar-refractivity contribution in [1.82, 2.24) is 0 Å². The predicted octanol–water partition coefficient (Wildman–Crippen LogP) is 5.99. The Kier molecular flexibility index (Phi) is 9.70. The van der Waals surface area contributed by atoms with E-state index in [4.69, 9.17) is 4.74 Å². The van der Waals surface area contributed by atoms with E-state index < -0.39 is 5.97 Å². The maximum Gasteiger partial charge on any atom is 0.308 e. The highest BCUT2D eigenvalue weighted by atomic mass is 16.5. The SMILES string of the molecule is CCCCCc1cc(O)c(C/C=C(\C)CCC=C(C)C)c(OC(C)=O)c1O. The Hall–Kier alpha value is -2.23. The van der Waals surface area contributed by atoms with E-state index in [1.807, 2.05) is 13.0 Å². The summed E-state index contributed by atoms with van der Waals surface area (Å²) in [6.45, 7) is 9.60. The van der Waals surface area contributed by atoms with Crippen LogP contribution in [0.15, 0.2) is 29.4 Å². The molecule has 0 radical (unpaired) electrons. The second kappa shape index (κ2) is 11.5. The molecule has 0 aromatic heterocycles. The number of phenolic OH excluding ortho intramolecular Hbond substituents is 2. The molecule has 150 valence electrons. The van der Waals surface area contributed by atoms with Gasteiger partial charge < -0.3 is 14.9 Å². The summed E-state index contributed by atoms with van der Waals surface area (Å²) in [5, 5.41) is 21.1. The van der Waals surface area contributed by atoms with Gasteiger partial charge in [0.1, 0.15) is 5.75 Å². The smallest absolute Gasteiger partial charge is 0.308 e. The van der Waals surface area contributed by atoms with Gasteiger partial charge in [-0.05, 0) is 58.9 Å². The predicted molar refractivity (Wildman–Crippen MR) is 110 cm³/mol. The lowest BCUT2D eigenvalue weighted by atomic mass is 9.99. The molecule has 1 aromatic carbocycles. The lowest BCUT2D eigenvalue weighted by Crippen LogP contribution is -2.06. The number of carbonyl (C=O) groups is 1. The van der Waals surface area contributed by atoms with Gasteiger partial charge in [0.05, 0.1) is 0 Å². The minimum atomic E-state index is -0.513. The van der Waals surface area contributed by atoms with Crippen molar-refractivity contribution in [1.29, 1.82) is 0 Å². The molecule has 0 saturated carbocycles. The number of rotatable bonds is 10. The number of hydrogen-bond acceptors (Lipinski definition) is 4. The number of aromatic hydroxyl groups is 2. The molecular formula is C23H34O4. The van der Waals surface area contributed by atoms with Crippen molar-refractivity contribution in [3.8, 4) is 17.2 Å². The highest BCUT2D eigenvalue weighted by Gasteiger charge is 2.19. The summed E-state index contributed by atoms with van der Waals surface area (Å²) in [6.07, 6.45) is 10.2. The summed E-state index contributed by atoms with van der Waals surface area (Å²) in [7, 11) is 0. The number of aryl methyl sites for hydroxylation is 1. The van der Waals surface area contributed by atoms with E-state index in [1.54, 1.807) is 6.07 Å².